The summed E-state index contributed by atoms with van der Waals surface area (Å²) in [6.45, 7) is 4.72. The van der Waals surface area contributed by atoms with Crippen LogP contribution >= 0.6 is 27.3 Å². The van der Waals surface area contributed by atoms with E-state index in [0.717, 1.165) is 34.1 Å². The fourth-order valence-corrected chi connectivity index (χ4v) is 5.02. The second kappa shape index (κ2) is 8.17. The summed E-state index contributed by atoms with van der Waals surface area (Å²) in [4.78, 5) is 16.7. The number of thiophene rings is 1. The number of rotatable bonds is 5. The summed E-state index contributed by atoms with van der Waals surface area (Å²) in [5, 5.41) is 6.20. The van der Waals surface area contributed by atoms with Gasteiger partial charge in [-0.25, -0.2) is 0 Å². The van der Waals surface area contributed by atoms with Crippen molar-refractivity contribution in [3.8, 4) is 0 Å². The highest BCUT2D eigenvalue weighted by Gasteiger charge is 2.25. The van der Waals surface area contributed by atoms with E-state index in [2.05, 4.69) is 43.7 Å². The van der Waals surface area contributed by atoms with Crippen LogP contribution in [-0.4, -0.2) is 30.4 Å². The number of carbonyl (C=O) groups excluding carboxylic acids is 1. The molecule has 1 aliphatic heterocycles. The number of benzene rings is 1. The van der Waals surface area contributed by atoms with Crippen molar-refractivity contribution in [3.63, 3.8) is 0 Å². The van der Waals surface area contributed by atoms with E-state index in [0.29, 0.717) is 12.3 Å². The first-order valence-electron chi connectivity index (χ1n) is 9.38. The number of piperidine rings is 1. The van der Waals surface area contributed by atoms with Crippen LogP contribution in [0.2, 0.25) is 0 Å². The van der Waals surface area contributed by atoms with Crippen LogP contribution in [0.1, 0.15) is 46.3 Å². The molecule has 4 rings (SSSR count). The van der Waals surface area contributed by atoms with Gasteiger partial charge in [-0.2, -0.15) is 0 Å². The fraction of sp³-hybridized carbons (Fsp3) is 0.381. The van der Waals surface area contributed by atoms with E-state index >= 15 is 0 Å². The number of likely N-dealkylation sites (tertiary alicyclic amines) is 1. The number of furan rings is 1. The Morgan fingerprint density at radius 2 is 2.11 bits per heavy atom. The standard InChI is InChI=1S/C21H23BrN2O2S/c1-14-16-12-15(22)7-8-18(16)26-20(14)21(25)23-13-17(19-6-5-11-27-19)24-9-3-2-4-10-24/h5-8,11-12,17H,2-4,9-10,13H2,1H3,(H,23,25). The van der Waals surface area contributed by atoms with Gasteiger partial charge in [0, 0.05) is 26.8 Å². The molecule has 1 saturated heterocycles. The quantitative estimate of drug-likeness (QED) is 0.560. The molecule has 1 aliphatic rings. The molecular formula is C21H23BrN2O2S. The zero-order valence-electron chi connectivity index (χ0n) is 15.3. The first-order chi connectivity index (χ1) is 13.1. The number of carbonyl (C=O) groups is 1. The predicted octanol–water partition coefficient (Wildman–Crippen LogP) is 5.52. The van der Waals surface area contributed by atoms with Crippen molar-refractivity contribution < 1.29 is 9.21 Å². The monoisotopic (exact) mass is 446 g/mol. The number of fused-ring (bicyclic) bond motifs is 1. The highest BCUT2D eigenvalue weighted by atomic mass is 79.9. The van der Waals surface area contributed by atoms with Crippen molar-refractivity contribution in [2.75, 3.05) is 19.6 Å². The maximum Gasteiger partial charge on any atom is 0.287 e. The zero-order chi connectivity index (χ0) is 18.8. The molecular weight excluding hydrogens is 424 g/mol. The Labute approximate surface area is 171 Å². The molecule has 1 amide bonds. The number of halogens is 1. The molecule has 3 heterocycles. The van der Waals surface area contributed by atoms with Gasteiger partial charge < -0.3 is 9.73 Å². The number of hydrogen-bond acceptors (Lipinski definition) is 4. The predicted molar refractivity (Wildman–Crippen MR) is 113 cm³/mol. The maximum absolute atomic E-state index is 12.8. The van der Waals surface area contributed by atoms with Crippen molar-refractivity contribution >= 4 is 44.1 Å². The van der Waals surface area contributed by atoms with Gasteiger partial charge in [-0.3, -0.25) is 9.69 Å². The van der Waals surface area contributed by atoms with E-state index in [1.54, 1.807) is 11.3 Å². The van der Waals surface area contributed by atoms with Crippen molar-refractivity contribution in [2.24, 2.45) is 0 Å². The highest BCUT2D eigenvalue weighted by molar-refractivity contribution is 9.10. The van der Waals surface area contributed by atoms with Gasteiger partial charge in [0.05, 0.1) is 6.04 Å². The van der Waals surface area contributed by atoms with Crippen LogP contribution in [-0.2, 0) is 0 Å². The Morgan fingerprint density at radius 3 is 2.85 bits per heavy atom. The van der Waals surface area contributed by atoms with Crippen LogP contribution in [0.4, 0.5) is 0 Å². The number of nitrogens with one attached hydrogen (secondary N) is 1. The molecule has 0 saturated carbocycles. The molecule has 4 nitrogen and oxygen atoms in total. The van der Waals surface area contributed by atoms with Gasteiger partial charge >= 0.3 is 0 Å². The van der Waals surface area contributed by atoms with E-state index in [4.69, 9.17) is 4.42 Å². The smallest absolute Gasteiger partial charge is 0.287 e. The van der Waals surface area contributed by atoms with Crippen LogP contribution in [0.25, 0.3) is 11.0 Å². The third-order valence-corrected chi connectivity index (χ3v) is 6.73. The summed E-state index contributed by atoms with van der Waals surface area (Å²) in [6.07, 6.45) is 3.76. The number of nitrogens with zero attached hydrogens (tertiary/aromatic N) is 1. The molecule has 1 aromatic carbocycles. The first-order valence-corrected chi connectivity index (χ1v) is 11.0. The molecule has 0 aliphatic carbocycles. The third-order valence-electron chi connectivity index (χ3n) is 5.26. The van der Waals surface area contributed by atoms with Gasteiger partial charge in [-0.15, -0.1) is 11.3 Å². The van der Waals surface area contributed by atoms with E-state index in [9.17, 15) is 4.79 Å². The Bertz CT molecular complexity index is 929. The summed E-state index contributed by atoms with van der Waals surface area (Å²) < 4.78 is 6.82. The average Bonchev–Trinajstić information content (AvgIpc) is 3.32. The van der Waals surface area contributed by atoms with Crippen molar-refractivity contribution in [1.29, 1.82) is 0 Å². The first kappa shape index (κ1) is 18.7. The summed E-state index contributed by atoms with van der Waals surface area (Å²) in [5.74, 6) is 0.269. The minimum Gasteiger partial charge on any atom is -0.451 e. The molecule has 2 aromatic heterocycles. The Morgan fingerprint density at radius 1 is 1.30 bits per heavy atom. The SMILES string of the molecule is Cc1c(C(=O)NCC(c2cccs2)N2CCCCC2)oc2ccc(Br)cc12. The summed E-state index contributed by atoms with van der Waals surface area (Å²) >= 11 is 5.24. The van der Waals surface area contributed by atoms with Crippen LogP contribution in [0.15, 0.2) is 44.6 Å². The molecule has 1 fully saturated rings. The molecule has 27 heavy (non-hydrogen) atoms. The number of amides is 1. The van der Waals surface area contributed by atoms with Gasteiger partial charge in [0.15, 0.2) is 5.76 Å². The molecule has 0 radical (unpaired) electrons. The molecule has 0 spiro atoms. The van der Waals surface area contributed by atoms with Crippen LogP contribution < -0.4 is 5.32 Å². The molecule has 1 N–H and O–H groups in total. The highest BCUT2D eigenvalue weighted by Crippen LogP contribution is 2.29. The minimum absolute atomic E-state index is 0.140. The largest absolute Gasteiger partial charge is 0.451 e. The van der Waals surface area contributed by atoms with E-state index in [1.807, 2.05) is 25.1 Å². The van der Waals surface area contributed by atoms with Crippen molar-refractivity contribution in [1.82, 2.24) is 10.2 Å². The van der Waals surface area contributed by atoms with Crippen molar-refractivity contribution in [3.05, 3.63) is 56.4 Å². The second-order valence-corrected chi connectivity index (χ2v) is 8.93. The lowest BCUT2D eigenvalue weighted by molar-refractivity contribution is 0.0899. The maximum atomic E-state index is 12.8. The molecule has 142 valence electrons. The van der Waals surface area contributed by atoms with Crippen LogP contribution in [0.3, 0.4) is 0 Å². The number of hydrogen-bond donors (Lipinski definition) is 1. The van der Waals surface area contributed by atoms with Crippen LogP contribution in [0.5, 0.6) is 0 Å². The van der Waals surface area contributed by atoms with Gasteiger partial charge in [-0.05, 0) is 62.5 Å². The number of aryl methyl sites for hydroxylation is 1. The van der Waals surface area contributed by atoms with E-state index in [-0.39, 0.29) is 11.9 Å². The fourth-order valence-electron chi connectivity index (χ4n) is 3.80. The van der Waals surface area contributed by atoms with Gasteiger partial charge in [-0.1, -0.05) is 28.4 Å². The van der Waals surface area contributed by atoms with E-state index in [1.165, 1.54) is 24.1 Å². The van der Waals surface area contributed by atoms with Gasteiger partial charge in [0.2, 0.25) is 0 Å². The van der Waals surface area contributed by atoms with Gasteiger partial charge in [0.25, 0.3) is 5.91 Å². The Kier molecular flexibility index (Phi) is 5.66. The van der Waals surface area contributed by atoms with Crippen molar-refractivity contribution in [2.45, 2.75) is 32.2 Å². The van der Waals surface area contributed by atoms with Gasteiger partial charge in [0.1, 0.15) is 5.58 Å². The van der Waals surface area contributed by atoms with Crippen LogP contribution in [0, 0.1) is 6.92 Å². The third kappa shape index (κ3) is 3.98. The molecule has 1 unspecified atom stereocenters. The van der Waals surface area contributed by atoms with E-state index < -0.39 is 0 Å². The Hall–Kier alpha value is -1.63. The normalized spacial score (nSPS) is 16.5. The molecule has 0 bridgehead atoms. The average molecular weight is 447 g/mol. The lowest BCUT2D eigenvalue weighted by Crippen LogP contribution is -2.40. The zero-order valence-corrected chi connectivity index (χ0v) is 17.7. The molecule has 1 atom stereocenters. The molecule has 6 heteroatoms. The second-order valence-electron chi connectivity index (χ2n) is 7.03. The Balaban J connectivity index is 1.52. The summed E-state index contributed by atoms with van der Waals surface area (Å²) in [6, 6.07) is 10.3. The molecule has 3 aromatic rings. The topological polar surface area (TPSA) is 45.5 Å². The lowest BCUT2D eigenvalue weighted by atomic mass is 10.1. The summed E-state index contributed by atoms with van der Waals surface area (Å²) in [5.41, 5.74) is 1.63. The minimum atomic E-state index is -0.140. The summed E-state index contributed by atoms with van der Waals surface area (Å²) in [7, 11) is 0. The lowest BCUT2D eigenvalue weighted by Gasteiger charge is -2.34.